The zero-order valence-corrected chi connectivity index (χ0v) is 12.4. The Kier molecular flexibility index (Phi) is 5.12. The maximum Gasteiger partial charge on any atom is 0.240 e. The van der Waals surface area contributed by atoms with Crippen molar-refractivity contribution in [3.63, 3.8) is 0 Å². The summed E-state index contributed by atoms with van der Waals surface area (Å²) in [6.45, 7) is 2.46. The zero-order valence-electron chi connectivity index (χ0n) is 11.6. The van der Waals surface area contributed by atoms with Gasteiger partial charge in [0, 0.05) is 24.9 Å². The fourth-order valence-corrected chi connectivity index (χ4v) is 2.28. The first-order valence-corrected chi connectivity index (χ1v) is 7.27. The van der Waals surface area contributed by atoms with Gasteiger partial charge in [0.25, 0.3) is 0 Å². The molecule has 1 aromatic heterocycles. The minimum absolute atomic E-state index is 0.0361. The van der Waals surface area contributed by atoms with Crippen LogP contribution in [0.25, 0.3) is 11.0 Å². The molecule has 1 heterocycles. The van der Waals surface area contributed by atoms with Crippen LogP contribution in [0.3, 0.4) is 0 Å². The van der Waals surface area contributed by atoms with Crippen LogP contribution < -0.4 is 5.32 Å². The highest BCUT2D eigenvalue weighted by Gasteiger charge is 2.17. The van der Waals surface area contributed by atoms with E-state index in [1.54, 1.807) is 0 Å². The summed E-state index contributed by atoms with van der Waals surface area (Å²) in [6, 6.07) is 1.96. The van der Waals surface area contributed by atoms with Crippen molar-refractivity contribution in [1.29, 1.82) is 0 Å². The molecule has 2 rings (SSSR count). The Morgan fingerprint density at radius 1 is 1.43 bits per heavy atom. The van der Waals surface area contributed by atoms with Crippen LogP contribution in [0.15, 0.2) is 12.1 Å². The maximum absolute atomic E-state index is 13.8. The Hall–Kier alpha value is -1.69. The highest BCUT2D eigenvalue weighted by Crippen LogP contribution is 2.21. The molecule has 0 saturated carbocycles. The van der Waals surface area contributed by atoms with Crippen LogP contribution in [0.4, 0.5) is 8.78 Å². The number of imidazole rings is 1. The lowest BCUT2D eigenvalue weighted by atomic mass is 10.3. The summed E-state index contributed by atoms with van der Waals surface area (Å²) in [4.78, 5) is 16.0. The molecule has 0 aliphatic rings. The smallest absolute Gasteiger partial charge is 0.240 e. The van der Waals surface area contributed by atoms with E-state index in [4.69, 9.17) is 11.6 Å². The lowest BCUT2D eigenvalue weighted by Gasteiger charge is -2.09. The molecule has 0 saturated heterocycles. The van der Waals surface area contributed by atoms with Gasteiger partial charge in [0.05, 0.1) is 5.52 Å². The zero-order chi connectivity index (χ0) is 15.4. The van der Waals surface area contributed by atoms with E-state index in [0.29, 0.717) is 18.8 Å². The number of rotatable bonds is 6. The molecule has 1 aromatic carbocycles. The number of halogens is 3. The number of carbonyl (C=O) groups excluding carboxylic acids is 1. The van der Waals surface area contributed by atoms with Gasteiger partial charge in [0.15, 0.2) is 5.82 Å². The van der Waals surface area contributed by atoms with Crippen molar-refractivity contribution in [2.75, 3.05) is 12.4 Å². The maximum atomic E-state index is 13.8. The van der Waals surface area contributed by atoms with Gasteiger partial charge < -0.3 is 9.88 Å². The molecule has 1 N–H and O–H groups in total. The Bertz CT molecular complexity index is 657. The molecule has 0 radical (unpaired) electrons. The molecule has 21 heavy (non-hydrogen) atoms. The lowest BCUT2D eigenvalue weighted by molar-refractivity contribution is -0.121. The molecule has 1 amide bonds. The first-order chi connectivity index (χ1) is 10.1. The summed E-state index contributed by atoms with van der Waals surface area (Å²) in [5.74, 6) is -0.918. The molecule has 7 heteroatoms. The van der Waals surface area contributed by atoms with Gasteiger partial charge in [0.1, 0.15) is 23.7 Å². The van der Waals surface area contributed by atoms with Crippen LogP contribution in [-0.4, -0.2) is 27.9 Å². The van der Waals surface area contributed by atoms with Gasteiger partial charge in [-0.2, -0.15) is 0 Å². The van der Waals surface area contributed by atoms with Gasteiger partial charge in [-0.25, -0.2) is 13.8 Å². The van der Waals surface area contributed by atoms with Crippen LogP contribution in [0.5, 0.6) is 0 Å². The van der Waals surface area contributed by atoms with Crippen molar-refractivity contribution >= 4 is 28.5 Å². The van der Waals surface area contributed by atoms with Crippen LogP contribution in [0.2, 0.25) is 0 Å². The fourth-order valence-electron chi connectivity index (χ4n) is 2.11. The van der Waals surface area contributed by atoms with Crippen LogP contribution >= 0.6 is 11.6 Å². The van der Waals surface area contributed by atoms with Crippen molar-refractivity contribution in [2.45, 2.75) is 26.3 Å². The van der Waals surface area contributed by atoms with Crippen molar-refractivity contribution in [2.24, 2.45) is 0 Å². The topological polar surface area (TPSA) is 46.9 Å². The number of aryl methyl sites for hydroxylation is 1. The summed E-state index contributed by atoms with van der Waals surface area (Å²) in [5.41, 5.74) is 0.319. The fraction of sp³-hybridized carbons (Fsp3) is 0.429. The Balaban J connectivity index is 2.43. The van der Waals surface area contributed by atoms with E-state index in [-0.39, 0.29) is 29.4 Å². The first kappa shape index (κ1) is 15.7. The standard InChI is InChI=1S/C14H16ClF2N3O/c1-2-5-18-13(21)8-20-11-7-9(16)6-10(17)14(11)19-12(20)3-4-15/h6-7H,2-5,8H2,1H3,(H,18,21). The molecular formula is C14H16ClF2N3O. The highest BCUT2D eigenvalue weighted by atomic mass is 35.5. The SMILES string of the molecule is CCCNC(=O)Cn1c(CCCl)nc2c(F)cc(F)cc21. The third kappa shape index (κ3) is 3.50. The number of benzene rings is 1. The number of fused-ring (bicyclic) bond motifs is 1. The number of alkyl halides is 1. The predicted octanol–water partition coefficient (Wildman–Crippen LogP) is 2.62. The summed E-state index contributed by atoms with van der Waals surface area (Å²) < 4.78 is 28.7. The van der Waals surface area contributed by atoms with E-state index in [9.17, 15) is 13.6 Å². The minimum atomic E-state index is -0.742. The minimum Gasteiger partial charge on any atom is -0.355 e. The van der Waals surface area contributed by atoms with Crippen LogP contribution in [-0.2, 0) is 17.8 Å². The van der Waals surface area contributed by atoms with E-state index in [2.05, 4.69) is 10.3 Å². The van der Waals surface area contributed by atoms with E-state index in [0.717, 1.165) is 12.5 Å². The van der Waals surface area contributed by atoms with E-state index >= 15 is 0 Å². The van der Waals surface area contributed by atoms with Crippen molar-refractivity contribution in [3.05, 3.63) is 29.6 Å². The second-order valence-corrected chi connectivity index (χ2v) is 5.04. The largest absolute Gasteiger partial charge is 0.355 e. The summed E-state index contributed by atoms with van der Waals surface area (Å²) >= 11 is 5.71. The van der Waals surface area contributed by atoms with Gasteiger partial charge in [0.2, 0.25) is 5.91 Å². The van der Waals surface area contributed by atoms with Gasteiger partial charge in [-0.05, 0) is 12.5 Å². The van der Waals surface area contributed by atoms with Gasteiger partial charge >= 0.3 is 0 Å². The number of amides is 1. The monoisotopic (exact) mass is 315 g/mol. The quantitative estimate of drug-likeness (QED) is 0.833. The Morgan fingerprint density at radius 2 is 2.19 bits per heavy atom. The van der Waals surface area contributed by atoms with Gasteiger partial charge in [-0.3, -0.25) is 4.79 Å². The van der Waals surface area contributed by atoms with E-state index < -0.39 is 11.6 Å². The second kappa shape index (κ2) is 6.85. The van der Waals surface area contributed by atoms with Gasteiger partial charge in [-0.15, -0.1) is 11.6 Å². The molecular weight excluding hydrogens is 300 g/mol. The van der Waals surface area contributed by atoms with Gasteiger partial charge in [-0.1, -0.05) is 6.92 Å². The number of nitrogens with zero attached hydrogens (tertiary/aromatic N) is 2. The number of hydrogen-bond acceptors (Lipinski definition) is 2. The lowest BCUT2D eigenvalue weighted by Crippen LogP contribution is -2.28. The third-order valence-electron chi connectivity index (χ3n) is 3.04. The Labute approximate surface area is 126 Å². The second-order valence-electron chi connectivity index (χ2n) is 4.66. The van der Waals surface area contributed by atoms with Crippen molar-refractivity contribution in [3.8, 4) is 0 Å². The van der Waals surface area contributed by atoms with Crippen molar-refractivity contribution < 1.29 is 13.6 Å². The third-order valence-corrected chi connectivity index (χ3v) is 3.23. The van der Waals surface area contributed by atoms with E-state index in [1.165, 1.54) is 10.6 Å². The average molecular weight is 316 g/mol. The summed E-state index contributed by atoms with van der Waals surface area (Å²) in [7, 11) is 0. The highest BCUT2D eigenvalue weighted by molar-refractivity contribution is 6.17. The number of nitrogens with one attached hydrogen (secondary N) is 1. The summed E-state index contributed by atoms with van der Waals surface area (Å²) in [6.07, 6.45) is 1.19. The van der Waals surface area contributed by atoms with Crippen molar-refractivity contribution in [1.82, 2.24) is 14.9 Å². The molecule has 0 bridgehead atoms. The first-order valence-electron chi connectivity index (χ1n) is 6.73. The average Bonchev–Trinajstić information content (AvgIpc) is 2.76. The number of hydrogen-bond donors (Lipinski definition) is 1. The molecule has 0 aliphatic carbocycles. The molecule has 0 aliphatic heterocycles. The van der Waals surface area contributed by atoms with Crippen LogP contribution in [0.1, 0.15) is 19.2 Å². The Morgan fingerprint density at radius 3 is 2.86 bits per heavy atom. The number of carbonyl (C=O) groups is 1. The normalized spacial score (nSPS) is 11.0. The van der Waals surface area contributed by atoms with E-state index in [1.807, 2.05) is 6.92 Å². The van der Waals surface area contributed by atoms with Crippen LogP contribution in [0, 0.1) is 11.6 Å². The molecule has 0 spiro atoms. The predicted molar refractivity (Wildman–Crippen MR) is 77.4 cm³/mol. The molecule has 0 fully saturated rings. The molecule has 2 aromatic rings. The molecule has 4 nitrogen and oxygen atoms in total. The summed E-state index contributed by atoms with van der Waals surface area (Å²) in [5, 5.41) is 2.73. The number of aromatic nitrogens is 2. The molecule has 0 atom stereocenters. The molecule has 114 valence electrons. The molecule has 0 unspecified atom stereocenters.